The quantitative estimate of drug-likeness (QED) is 0.586. The number of fused-ring (bicyclic) bond motifs is 1. The molecule has 1 heterocycles. The van der Waals surface area contributed by atoms with Crippen LogP contribution in [0.2, 0.25) is 0 Å². The second-order valence-corrected chi connectivity index (χ2v) is 8.36. The first-order chi connectivity index (χ1) is 14.0. The van der Waals surface area contributed by atoms with Crippen molar-refractivity contribution in [3.05, 3.63) is 65.2 Å². The van der Waals surface area contributed by atoms with Crippen molar-refractivity contribution in [2.45, 2.75) is 52.5 Å². The molecule has 1 aliphatic rings. The first-order valence-corrected chi connectivity index (χ1v) is 10.6. The van der Waals surface area contributed by atoms with Gasteiger partial charge in [-0.2, -0.15) is 0 Å². The number of hydrogen-bond acceptors (Lipinski definition) is 3. The van der Waals surface area contributed by atoms with Gasteiger partial charge in [-0.15, -0.1) is 0 Å². The Labute approximate surface area is 172 Å². The molecule has 1 aromatic heterocycles. The van der Waals surface area contributed by atoms with E-state index in [1.807, 2.05) is 30.3 Å². The molecule has 0 saturated heterocycles. The van der Waals surface area contributed by atoms with Gasteiger partial charge >= 0.3 is 0 Å². The summed E-state index contributed by atoms with van der Waals surface area (Å²) >= 11 is 0. The number of para-hydroxylation sites is 1. The molecule has 4 nitrogen and oxygen atoms in total. The van der Waals surface area contributed by atoms with E-state index in [0.717, 1.165) is 28.6 Å². The van der Waals surface area contributed by atoms with Gasteiger partial charge in [0.2, 0.25) is 0 Å². The van der Waals surface area contributed by atoms with Crippen LogP contribution >= 0.6 is 0 Å². The minimum absolute atomic E-state index is 0.00831. The first-order valence-electron chi connectivity index (χ1n) is 10.6. The molecule has 29 heavy (non-hydrogen) atoms. The predicted octanol–water partition coefficient (Wildman–Crippen LogP) is 5.90. The van der Waals surface area contributed by atoms with Gasteiger partial charge < -0.3 is 10.6 Å². The van der Waals surface area contributed by atoms with Crippen LogP contribution < -0.4 is 10.6 Å². The number of nitrogens with zero attached hydrogens (tertiary/aromatic N) is 1. The largest absolute Gasteiger partial charge is 0.349 e. The molecule has 2 atom stereocenters. The summed E-state index contributed by atoms with van der Waals surface area (Å²) in [5.41, 5.74) is 4.89. The lowest BCUT2D eigenvalue weighted by atomic mass is 9.86. The maximum atomic E-state index is 13.2. The van der Waals surface area contributed by atoms with Crippen LogP contribution in [0.3, 0.4) is 0 Å². The lowest BCUT2D eigenvalue weighted by molar-refractivity contribution is 0.0912. The minimum Gasteiger partial charge on any atom is -0.349 e. The van der Waals surface area contributed by atoms with Gasteiger partial charge in [0, 0.05) is 17.1 Å². The second-order valence-electron chi connectivity index (χ2n) is 8.36. The molecule has 0 radical (unpaired) electrons. The number of hydrogen-bond donors (Lipinski definition) is 2. The van der Waals surface area contributed by atoms with E-state index >= 15 is 0 Å². The van der Waals surface area contributed by atoms with Gasteiger partial charge in [-0.25, -0.2) is 4.98 Å². The predicted molar refractivity (Wildman–Crippen MR) is 120 cm³/mol. The summed E-state index contributed by atoms with van der Waals surface area (Å²) in [5, 5.41) is 7.59. The van der Waals surface area contributed by atoms with Gasteiger partial charge in [0.1, 0.15) is 5.82 Å². The summed E-state index contributed by atoms with van der Waals surface area (Å²) in [5.74, 6) is 1.21. The topological polar surface area (TPSA) is 54.0 Å². The average molecular weight is 388 g/mol. The molecule has 1 amide bonds. The van der Waals surface area contributed by atoms with Crippen LogP contribution in [0.5, 0.6) is 0 Å². The minimum atomic E-state index is -0.00831. The summed E-state index contributed by atoms with van der Waals surface area (Å²) in [4.78, 5) is 18.0. The second kappa shape index (κ2) is 8.24. The highest BCUT2D eigenvalue weighted by atomic mass is 16.1. The Hall–Kier alpha value is -2.88. The van der Waals surface area contributed by atoms with Crippen molar-refractivity contribution in [2.75, 3.05) is 5.32 Å². The van der Waals surface area contributed by atoms with Crippen molar-refractivity contribution in [3.8, 4) is 0 Å². The maximum Gasteiger partial charge on any atom is 0.252 e. The van der Waals surface area contributed by atoms with E-state index in [0.29, 0.717) is 17.3 Å². The Morgan fingerprint density at radius 3 is 2.62 bits per heavy atom. The zero-order valence-electron chi connectivity index (χ0n) is 17.5. The number of pyridine rings is 1. The smallest absolute Gasteiger partial charge is 0.252 e. The molecule has 1 aliphatic carbocycles. The van der Waals surface area contributed by atoms with Gasteiger partial charge in [-0.3, -0.25) is 4.79 Å². The molecule has 0 aliphatic heterocycles. The molecule has 3 aromatic rings. The van der Waals surface area contributed by atoms with Crippen molar-refractivity contribution in [3.63, 3.8) is 0 Å². The van der Waals surface area contributed by atoms with Crippen molar-refractivity contribution < 1.29 is 4.79 Å². The molecular weight excluding hydrogens is 358 g/mol. The SMILES string of the molecule is Cc1ccc(Nc2cc(C(=O)N[C@@H]3CCCC[C@H]3C)c3ccccc3n2)c(C)c1. The fourth-order valence-electron chi connectivity index (χ4n) is 4.30. The zero-order chi connectivity index (χ0) is 20.4. The number of carbonyl (C=O) groups is 1. The summed E-state index contributed by atoms with van der Waals surface area (Å²) in [6.45, 7) is 6.40. The van der Waals surface area contributed by atoms with Crippen LogP contribution in [-0.2, 0) is 0 Å². The third kappa shape index (κ3) is 4.26. The number of nitrogens with one attached hydrogen (secondary N) is 2. The highest BCUT2D eigenvalue weighted by molar-refractivity contribution is 6.07. The molecule has 1 saturated carbocycles. The fraction of sp³-hybridized carbons (Fsp3) is 0.360. The summed E-state index contributed by atoms with van der Waals surface area (Å²) in [6, 6.07) is 16.3. The van der Waals surface area contributed by atoms with E-state index in [9.17, 15) is 4.79 Å². The molecule has 1 fully saturated rings. The van der Waals surface area contributed by atoms with Crippen molar-refractivity contribution in [1.82, 2.24) is 10.3 Å². The van der Waals surface area contributed by atoms with E-state index in [4.69, 9.17) is 4.98 Å². The summed E-state index contributed by atoms with van der Waals surface area (Å²) in [7, 11) is 0. The van der Waals surface area contributed by atoms with Crippen LogP contribution in [0.1, 0.15) is 54.1 Å². The summed E-state index contributed by atoms with van der Waals surface area (Å²) < 4.78 is 0. The van der Waals surface area contributed by atoms with Crippen LogP contribution in [0.25, 0.3) is 10.9 Å². The molecule has 0 spiro atoms. The van der Waals surface area contributed by atoms with Gasteiger partial charge in [0.25, 0.3) is 5.91 Å². The van der Waals surface area contributed by atoms with Crippen molar-refractivity contribution in [1.29, 1.82) is 0 Å². The number of rotatable bonds is 4. The first kappa shape index (κ1) is 19.4. The molecule has 4 heteroatoms. The number of amides is 1. The third-order valence-corrected chi connectivity index (χ3v) is 6.03. The molecule has 0 unspecified atom stereocenters. The Bertz CT molecular complexity index is 1040. The Morgan fingerprint density at radius 1 is 1.03 bits per heavy atom. The lowest BCUT2D eigenvalue weighted by Crippen LogP contribution is -2.41. The monoisotopic (exact) mass is 387 g/mol. The van der Waals surface area contributed by atoms with Crippen molar-refractivity contribution >= 4 is 28.3 Å². The van der Waals surface area contributed by atoms with Crippen molar-refractivity contribution in [2.24, 2.45) is 5.92 Å². The van der Waals surface area contributed by atoms with Gasteiger partial charge in [0.05, 0.1) is 11.1 Å². The highest BCUT2D eigenvalue weighted by Crippen LogP contribution is 2.27. The maximum absolute atomic E-state index is 13.2. The van der Waals surface area contributed by atoms with Gasteiger partial charge in [0.15, 0.2) is 0 Å². The number of aromatic nitrogens is 1. The third-order valence-electron chi connectivity index (χ3n) is 6.03. The molecule has 4 rings (SSSR count). The Balaban J connectivity index is 1.68. The standard InChI is InChI=1S/C25H29N3O/c1-16-12-13-22(18(3)14-16)26-24-15-20(19-9-5-7-11-23(19)27-24)25(29)28-21-10-6-4-8-17(21)2/h5,7,9,11-15,17,21H,4,6,8,10H2,1-3H3,(H,26,27)(H,28,29)/t17-,21-/m1/s1. The van der Waals surface area contributed by atoms with E-state index < -0.39 is 0 Å². The normalized spacial score (nSPS) is 19.1. The van der Waals surface area contributed by atoms with E-state index in [1.54, 1.807) is 0 Å². The number of anilines is 2. The van der Waals surface area contributed by atoms with Crippen LogP contribution in [-0.4, -0.2) is 16.9 Å². The van der Waals surface area contributed by atoms with E-state index in [2.05, 4.69) is 49.6 Å². The zero-order valence-corrected chi connectivity index (χ0v) is 17.5. The highest BCUT2D eigenvalue weighted by Gasteiger charge is 2.24. The number of benzene rings is 2. The molecular formula is C25H29N3O. The lowest BCUT2D eigenvalue weighted by Gasteiger charge is -2.29. The van der Waals surface area contributed by atoms with E-state index in [1.165, 1.54) is 24.8 Å². The fourth-order valence-corrected chi connectivity index (χ4v) is 4.30. The van der Waals surface area contributed by atoms with E-state index in [-0.39, 0.29) is 11.9 Å². The Morgan fingerprint density at radius 2 is 1.83 bits per heavy atom. The summed E-state index contributed by atoms with van der Waals surface area (Å²) in [6.07, 6.45) is 4.69. The van der Waals surface area contributed by atoms with Crippen LogP contribution in [0.4, 0.5) is 11.5 Å². The van der Waals surface area contributed by atoms with Gasteiger partial charge in [-0.05, 0) is 56.4 Å². The number of carbonyl (C=O) groups excluding carboxylic acids is 1. The molecule has 2 aromatic carbocycles. The Kier molecular flexibility index (Phi) is 5.52. The molecule has 0 bridgehead atoms. The van der Waals surface area contributed by atoms with Gasteiger partial charge in [-0.1, -0.05) is 55.7 Å². The molecule has 150 valence electrons. The number of aryl methyl sites for hydroxylation is 2. The average Bonchev–Trinajstić information content (AvgIpc) is 2.71. The molecule has 2 N–H and O–H groups in total. The van der Waals surface area contributed by atoms with Crippen LogP contribution in [0.15, 0.2) is 48.5 Å². The van der Waals surface area contributed by atoms with Crippen LogP contribution in [0, 0.1) is 19.8 Å².